The predicted octanol–water partition coefficient (Wildman–Crippen LogP) is 2.68. The van der Waals surface area contributed by atoms with E-state index >= 15 is 0 Å². The van der Waals surface area contributed by atoms with Crippen LogP contribution >= 0.6 is 11.3 Å². The number of rotatable bonds is 9. The van der Waals surface area contributed by atoms with Crippen molar-refractivity contribution in [3.8, 4) is 0 Å². The van der Waals surface area contributed by atoms with E-state index in [4.69, 9.17) is 9.72 Å². The zero-order chi connectivity index (χ0) is 14.3. The van der Waals surface area contributed by atoms with Crippen LogP contribution in [0.25, 0.3) is 0 Å². The number of aromatic nitrogens is 1. The lowest BCUT2D eigenvalue weighted by Gasteiger charge is -2.14. The van der Waals surface area contributed by atoms with Crippen LogP contribution in [0.1, 0.15) is 37.8 Å². The van der Waals surface area contributed by atoms with E-state index in [2.05, 4.69) is 38.0 Å². The van der Waals surface area contributed by atoms with Crippen molar-refractivity contribution in [1.29, 1.82) is 0 Å². The van der Waals surface area contributed by atoms with Gasteiger partial charge < -0.3 is 15.0 Å². The summed E-state index contributed by atoms with van der Waals surface area (Å²) in [6.07, 6.45) is 2.20. The van der Waals surface area contributed by atoms with E-state index < -0.39 is 0 Å². The lowest BCUT2D eigenvalue weighted by molar-refractivity contribution is 0.206. The average molecular weight is 285 g/mol. The van der Waals surface area contributed by atoms with Crippen molar-refractivity contribution in [3.63, 3.8) is 0 Å². The van der Waals surface area contributed by atoms with E-state index in [9.17, 15) is 0 Å². The zero-order valence-electron chi connectivity index (χ0n) is 12.8. The van der Waals surface area contributed by atoms with E-state index in [1.807, 2.05) is 0 Å². The largest absolute Gasteiger partial charge is 0.383 e. The summed E-state index contributed by atoms with van der Waals surface area (Å²) in [5, 5.41) is 4.58. The molecule has 0 aliphatic carbocycles. The Kier molecular flexibility index (Phi) is 7.34. The van der Waals surface area contributed by atoms with E-state index in [0.717, 1.165) is 37.7 Å². The number of nitrogens with one attached hydrogen (secondary N) is 1. The molecular formula is C14H27N3OS. The molecule has 1 N–H and O–H groups in total. The molecule has 1 aromatic heterocycles. The number of anilines is 1. The molecule has 110 valence electrons. The molecule has 1 rings (SSSR count). The molecule has 0 radical (unpaired) electrons. The van der Waals surface area contributed by atoms with Crippen molar-refractivity contribution >= 4 is 16.5 Å². The van der Waals surface area contributed by atoms with Crippen LogP contribution in [-0.2, 0) is 17.7 Å². The fraction of sp³-hybridized carbons (Fsp3) is 0.786. The fourth-order valence-corrected chi connectivity index (χ4v) is 2.77. The van der Waals surface area contributed by atoms with Gasteiger partial charge in [0.25, 0.3) is 0 Å². The van der Waals surface area contributed by atoms with Gasteiger partial charge in [0, 0.05) is 38.2 Å². The summed E-state index contributed by atoms with van der Waals surface area (Å²) in [5.41, 5.74) is 1.25. The number of hydrogen-bond acceptors (Lipinski definition) is 5. The number of ether oxygens (including phenoxy) is 1. The first-order valence-corrected chi connectivity index (χ1v) is 7.82. The van der Waals surface area contributed by atoms with Crippen LogP contribution in [0.15, 0.2) is 0 Å². The molecule has 0 saturated carbocycles. The first-order valence-electron chi connectivity index (χ1n) is 7.00. The van der Waals surface area contributed by atoms with Crippen molar-refractivity contribution in [2.75, 3.05) is 32.2 Å². The van der Waals surface area contributed by atoms with Crippen molar-refractivity contribution in [2.24, 2.45) is 0 Å². The molecule has 0 bridgehead atoms. The third-order valence-corrected chi connectivity index (χ3v) is 4.09. The third kappa shape index (κ3) is 5.47. The quantitative estimate of drug-likeness (QED) is 0.757. The Bertz CT molecular complexity index is 366. The van der Waals surface area contributed by atoms with Gasteiger partial charge in [0.05, 0.1) is 12.3 Å². The van der Waals surface area contributed by atoms with E-state index in [1.54, 1.807) is 18.4 Å². The topological polar surface area (TPSA) is 37.4 Å². The Labute approximate surface area is 121 Å². The number of methoxy groups -OCH3 is 1. The standard InChI is InChI=1S/C14H27N3OS/c1-6-7-12-13(10-15-11(2)3)19-14(16-12)17(4)8-9-18-5/h11,15H,6-10H2,1-5H3. The maximum atomic E-state index is 5.12. The second kappa shape index (κ2) is 8.51. The molecule has 0 saturated heterocycles. The van der Waals surface area contributed by atoms with Crippen LogP contribution in [-0.4, -0.2) is 38.3 Å². The Morgan fingerprint density at radius 3 is 2.74 bits per heavy atom. The smallest absolute Gasteiger partial charge is 0.185 e. The van der Waals surface area contributed by atoms with Gasteiger partial charge in [-0.1, -0.05) is 27.2 Å². The summed E-state index contributed by atoms with van der Waals surface area (Å²) in [4.78, 5) is 8.32. The number of thiazole rings is 1. The van der Waals surface area contributed by atoms with Gasteiger partial charge in [-0.15, -0.1) is 11.3 Å². The van der Waals surface area contributed by atoms with Gasteiger partial charge >= 0.3 is 0 Å². The Morgan fingerprint density at radius 2 is 2.16 bits per heavy atom. The maximum absolute atomic E-state index is 5.12. The zero-order valence-corrected chi connectivity index (χ0v) is 13.6. The minimum atomic E-state index is 0.506. The van der Waals surface area contributed by atoms with Crippen LogP contribution < -0.4 is 10.2 Å². The SMILES string of the molecule is CCCc1nc(N(C)CCOC)sc1CNC(C)C. The molecule has 4 nitrogen and oxygen atoms in total. The predicted molar refractivity (Wildman–Crippen MR) is 83.2 cm³/mol. The van der Waals surface area contributed by atoms with E-state index in [1.165, 1.54) is 10.6 Å². The molecule has 1 heterocycles. The van der Waals surface area contributed by atoms with Gasteiger partial charge in [0.1, 0.15) is 0 Å². The molecule has 0 atom stereocenters. The molecular weight excluding hydrogens is 258 g/mol. The molecule has 0 aliphatic heterocycles. The molecule has 5 heteroatoms. The molecule has 0 amide bonds. The van der Waals surface area contributed by atoms with Crippen molar-refractivity contribution in [1.82, 2.24) is 10.3 Å². The van der Waals surface area contributed by atoms with Crippen LogP contribution in [0.2, 0.25) is 0 Å². The van der Waals surface area contributed by atoms with Gasteiger partial charge in [-0.25, -0.2) is 4.98 Å². The monoisotopic (exact) mass is 285 g/mol. The van der Waals surface area contributed by atoms with Gasteiger partial charge in [-0.3, -0.25) is 0 Å². The molecule has 0 unspecified atom stereocenters. The average Bonchev–Trinajstić information content (AvgIpc) is 2.77. The van der Waals surface area contributed by atoms with Crippen molar-refractivity contribution in [3.05, 3.63) is 10.6 Å². The molecule has 19 heavy (non-hydrogen) atoms. The highest BCUT2D eigenvalue weighted by molar-refractivity contribution is 7.15. The van der Waals surface area contributed by atoms with E-state index in [-0.39, 0.29) is 0 Å². The highest BCUT2D eigenvalue weighted by Crippen LogP contribution is 2.26. The van der Waals surface area contributed by atoms with E-state index in [0.29, 0.717) is 6.04 Å². The first-order chi connectivity index (χ1) is 9.08. The number of likely N-dealkylation sites (N-methyl/N-ethyl adjacent to an activating group) is 1. The number of hydrogen-bond donors (Lipinski definition) is 1. The summed E-state index contributed by atoms with van der Waals surface area (Å²) >= 11 is 1.80. The first kappa shape index (κ1) is 16.4. The molecule has 1 aromatic rings. The fourth-order valence-electron chi connectivity index (χ4n) is 1.72. The Balaban J connectivity index is 2.74. The lowest BCUT2D eigenvalue weighted by Crippen LogP contribution is -2.22. The Hall–Kier alpha value is -0.650. The van der Waals surface area contributed by atoms with Crippen molar-refractivity contribution in [2.45, 2.75) is 46.2 Å². The second-order valence-electron chi connectivity index (χ2n) is 5.07. The molecule has 0 fully saturated rings. The van der Waals surface area contributed by atoms with Gasteiger partial charge in [-0.2, -0.15) is 0 Å². The summed E-state index contributed by atoms with van der Waals surface area (Å²) in [6, 6.07) is 0.506. The van der Waals surface area contributed by atoms with Gasteiger partial charge in [-0.05, 0) is 6.42 Å². The lowest BCUT2D eigenvalue weighted by atomic mass is 10.2. The maximum Gasteiger partial charge on any atom is 0.185 e. The van der Waals surface area contributed by atoms with Crippen LogP contribution in [0.5, 0.6) is 0 Å². The molecule has 0 spiro atoms. The molecule has 0 aliphatic rings. The van der Waals surface area contributed by atoms with Gasteiger partial charge in [0.2, 0.25) is 0 Å². The third-order valence-electron chi connectivity index (χ3n) is 2.88. The second-order valence-corrected chi connectivity index (χ2v) is 6.13. The Morgan fingerprint density at radius 1 is 1.42 bits per heavy atom. The highest BCUT2D eigenvalue weighted by atomic mass is 32.1. The minimum absolute atomic E-state index is 0.506. The van der Waals surface area contributed by atoms with Crippen LogP contribution in [0.4, 0.5) is 5.13 Å². The van der Waals surface area contributed by atoms with Gasteiger partial charge in [0.15, 0.2) is 5.13 Å². The molecule has 0 aromatic carbocycles. The number of aryl methyl sites for hydroxylation is 1. The highest BCUT2D eigenvalue weighted by Gasteiger charge is 2.13. The summed E-state index contributed by atoms with van der Waals surface area (Å²) < 4.78 is 5.12. The van der Waals surface area contributed by atoms with Crippen molar-refractivity contribution < 1.29 is 4.74 Å². The number of nitrogens with zero attached hydrogens (tertiary/aromatic N) is 2. The summed E-state index contributed by atoms with van der Waals surface area (Å²) in [5.74, 6) is 0. The van der Waals surface area contributed by atoms with Crippen LogP contribution in [0, 0.1) is 0 Å². The minimum Gasteiger partial charge on any atom is -0.383 e. The summed E-state index contributed by atoms with van der Waals surface area (Å²) in [6.45, 7) is 9.08. The summed E-state index contributed by atoms with van der Waals surface area (Å²) in [7, 11) is 3.81. The normalized spacial score (nSPS) is 11.3. The van der Waals surface area contributed by atoms with Crippen LogP contribution in [0.3, 0.4) is 0 Å².